The number of thiocarbonyl (C=S) groups is 1. The highest BCUT2D eigenvalue weighted by atomic mass is 79.9. The largest absolute Gasteiger partial charge is 0.493 e. The van der Waals surface area contributed by atoms with E-state index in [9.17, 15) is 9.59 Å². The Labute approximate surface area is 192 Å². The summed E-state index contributed by atoms with van der Waals surface area (Å²) in [5.74, 6) is 0.994. The monoisotopic (exact) mass is 506 g/mol. The van der Waals surface area contributed by atoms with Crippen molar-refractivity contribution in [1.82, 2.24) is 10.6 Å². The van der Waals surface area contributed by atoms with Crippen molar-refractivity contribution >= 4 is 51.2 Å². The Balaban J connectivity index is 1.71. The average molecular weight is 507 g/mol. The molecule has 0 saturated carbocycles. The molecule has 10 heteroatoms. The molecule has 1 aliphatic heterocycles. The van der Waals surface area contributed by atoms with E-state index in [0.717, 1.165) is 0 Å². The summed E-state index contributed by atoms with van der Waals surface area (Å²) in [7, 11) is 3.07. The van der Waals surface area contributed by atoms with Gasteiger partial charge >= 0.3 is 0 Å². The SMILES string of the molecule is COc1ccccc1OCCOc1c(Br)cc(C=C2C(=O)NC(=S)NC2=O)cc1OC. The van der Waals surface area contributed by atoms with E-state index in [1.807, 2.05) is 24.3 Å². The Hall–Kier alpha value is -3.11. The molecule has 1 fully saturated rings. The zero-order valence-corrected chi connectivity index (χ0v) is 19.1. The lowest BCUT2D eigenvalue weighted by Crippen LogP contribution is -2.51. The lowest BCUT2D eigenvalue weighted by atomic mass is 10.1. The fraction of sp³-hybridized carbons (Fsp3) is 0.190. The lowest BCUT2D eigenvalue weighted by Gasteiger charge is -2.17. The van der Waals surface area contributed by atoms with Crippen molar-refractivity contribution in [2.24, 2.45) is 0 Å². The molecule has 0 aliphatic carbocycles. The molecule has 2 N–H and O–H groups in total. The number of ether oxygens (including phenoxy) is 4. The van der Waals surface area contributed by atoms with Gasteiger partial charge in [0.05, 0.1) is 18.7 Å². The van der Waals surface area contributed by atoms with Gasteiger partial charge in [-0.15, -0.1) is 0 Å². The van der Waals surface area contributed by atoms with E-state index < -0.39 is 11.8 Å². The van der Waals surface area contributed by atoms with Crippen LogP contribution in [0.15, 0.2) is 46.4 Å². The Morgan fingerprint density at radius 2 is 1.55 bits per heavy atom. The number of amides is 2. The molecular formula is C21H19BrN2O6S. The summed E-state index contributed by atoms with van der Waals surface area (Å²) in [6, 6.07) is 10.7. The summed E-state index contributed by atoms with van der Waals surface area (Å²) in [4.78, 5) is 24.1. The van der Waals surface area contributed by atoms with Crippen LogP contribution in [-0.4, -0.2) is 44.4 Å². The normalized spacial score (nSPS) is 13.3. The van der Waals surface area contributed by atoms with Gasteiger partial charge in [-0.05, 0) is 64.1 Å². The minimum Gasteiger partial charge on any atom is -0.493 e. The summed E-state index contributed by atoms with van der Waals surface area (Å²) in [5, 5.41) is 4.76. The topological polar surface area (TPSA) is 95.1 Å². The molecule has 162 valence electrons. The van der Waals surface area contributed by atoms with Crippen LogP contribution in [0, 0.1) is 0 Å². The molecule has 1 aliphatic rings. The summed E-state index contributed by atoms with van der Waals surface area (Å²) in [6.07, 6.45) is 1.44. The maximum atomic E-state index is 12.0. The molecule has 0 unspecified atom stereocenters. The minimum atomic E-state index is -0.572. The van der Waals surface area contributed by atoms with E-state index >= 15 is 0 Å². The zero-order chi connectivity index (χ0) is 22.4. The predicted octanol–water partition coefficient (Wildman–Crippen LogP) is 2.84. The van der Waals surface area contributed by atoms with Crippen LogP contribution in [0.2, 0.25) is 0 Å². The fourth-order valence-corrected chi connectivity index (χ4v) is 3.53. The van der Waals surface area contributed by atoms with Crippen molar-refractivity contribution in [3.05, 3.63) is 52.0 Å². The molecule has 0 bridgehead atoms. The van der Waals surface area contributed by atoms with Gasteiger partial charge in [-0.2, -0.15) is 0 Å². The molecule has 31 heavy (non-hydrogen) atoms. The van der Waals surface area contributed by atoms with Gasteiger partial charge in [-0.25, -0.2) is 0 Å². The average Bonchev–Trinajstić information content (AvgIpc) is 2.74. The van der Waals surface area contributed by atoms with Crippen LogP contribution in [0.5, 0.6) is 23.0 Å². The molecule has 1 heterocycles. The van der Waals surface area contributed by atoms with Crippen molar-refractivity contribution < 1.29 is 28.5 Å². The van der Waals surface area contributed by atoms with E-state index in [4.69, 9.17) is 31.2 Å². The van der Waals surface area contributed by atoms with E-state index in [0.29, 0.717) is 33.0 Å². The summed E-state index contributed by atoms with van der Waals surface area (Å²) in [5.41, 5.74) is 0.496. The number of benzene rings is 2. The Morgan fingerprint density at radius 1 is 0.935 bits per heavy atom. The van der Waals surface area contributed by atoms with Crippen molar-refractivity contribution in [3.63, 3.8) is 0 Å². The Kier molecular flexibility index (Phi) is 7.48. The van der Waals surface area contributed by atoms with Gasteiger partial charge in [0, 0.05) is 0 Å². The van der Waals surface area contributed by atoms with Crippen LogP contribution in [-0.2, 0) is 9.59 Å². The van der Waals surface area contributed by atoms with Crippen molar-refractivity contribution in [3.8, 4) is 23.0 Å². The first kappa shape index (κ1) is 22.6. The predicted molar refractivity (Wildman–Crippen MR) is 122 cm³/mol. The first-order chi connectivity index (χ1) is 14.9. The first-order valence-electron chi connectivity index (χ1n) is 9.07. The van der Waals surface area contributed by atoms with Crippen LogP contribution in [0.4, 0.5) is 0 Å². The number of methoxy groups -OCH3 is 2. The number of carbonyl (C=O) groups excluding carboxylic acids is 2. The zero-order valence-electron chi connectivity index (χ0n) is 16.7. The summed E-state index contributed by atoms with van der Waals surface area (Å²) >= 11 is 8.24. The minimum absolute atomic E-state index is 0.0231. The standard InChI is InChI=1S/C21H19BrN2O6S/c1-27-15-5-3-4-6-16(15)29-7-8-30-18-14(22)10-12(11-17(18)28-2)9-13-19(25)23-21(31)24-20(13)26/h3-6,9-11H,7-8H2,1-2H3,(H2,23,24,25,26,31). The van der Waals surface area contributed by atoms with Crippen LogP contribution in [0.1, 0.15) is 5.56 Å². The number of carbonyl (C=O) groups is 2. The van der Waals surface area contributed by atoms with Gasteiger partial charge in [0.25, 0.3) is 11.8 Å². The van der Waals surface area contributed by atoms with Gasteiger partial charge < -0.3 is 18.9 Å². The first-order valence-corrected chi connectivity index (χ1v) is 10.3. The van der Waals surface area contributed by atoms with Crippen LogP contribution in [0.25, 0.3) is 6.08 Å². The second kappa shape index (κ2) is 10.3. The Morgan fingerprint density at radius 3 is 2.19 bits per heavy atom. The molecule has 0 radical (unpaired) electrons. The lowest BCUT2D eigenvalue weighted by molar-refractivity contribution is -0.123. The van der Waals surface area contributed by atoms with Gasteiger partial charge in [-0.1, -0.05) is 12.1 Å². The number of hydrogen-bond acceptors (Lipinski definition) is 7. The van der Waals surface area contributed by atoms with Crippen molar-refractivity contribution in [2.45, 2.75) is 0 Å². The second-order valence-corrected chi connectivity index (χ2v) is 7.44. The van der Waals surface area contributed by atoms with E-state index in [1.165, 1.54) is 13.2 Å². The fourth-order valence-electron chi connectivity index (χ4n) is 2.77. The van der Waals surface area contributed by atoms with E-state index in [1.54, 1.807) is 19.2 Å². The maximum absolute atomic E-state index is 12.0. The second-order valence-electron chi connectivity index (χ2n) is 6.18. The molecule has 2 aromatic carbocycles. The molecule has 2 aromatic rings. The van der Waals surface area contributed by atoms with Crippen LogP contribution >= 0.6 is 28.1 Å². The number of para-hydroxylation sites is 2. The molecule has 0 aromatic heterocycles. The van der Waals surface area contributed by atoms with Gasteiger partial charge in [0.15, 0.2) is 28.1 Å². The number of rotatable bonds is 8. The van der Waals surface area contributed by atoms with Crippen molar-refractivity contribution in [1.29, 1.82) is 0 Å². The molecule has 0 spiro atoms. The summed E-state index contributed by atoms with van der Waals surface area (Å²) in [6.45, 7) is 0.526. The third-order valence-electron chi connectivity index (χ3n) is 4.16. The molecular weight excluding hydrogens is 488 g/mol. The third kappa shape index (κ3) is 5.53. The molecule has 0 atom stereocenters. The smallest absolute Gasteiger partial charge is 0.263 e. The number of nitrogens with one attached hydrogen (secondary N) is 2. The Bertz CT molecular complexity index is 1030. The number of halogens is 1. The number of hydrogen-bond donors (Lipinski definition) is 2. The van der Waals surface area contributed by atoms with Crippen LogP contribution in [0.3, 0.4) is 0 Å². The molecule has 8 nitrogen and oxygen atoms in total. The van der Waals surface area contributed by atoms with E-state index in [-0.39, 0.29) is 23.9 Å². The maximum Gasteiger partial charge on any atom is 0.263 e. The van der Waals surface area contributed by atoms with Gasteiger partial charge in [-0.3, -0.25) is 20.2 Å². The highest BCUT2D eigenvalue weighted by Gasteiger charge is 2.26. The molecule has 2 amide bonds. The van der Waals surface area contributed by atoms with Gasteiger partial charge in [0.1, 0.15) is 18.8 Å². The van der Waals surface area contributed by atoms with Gasteiger partial charge in [0.2, 0.25) is 0 Å². The van der Waals surface area contributed by atoms with Crippen molar-refractivity contribution in [2.75, 3.05) is 27.4 Å². The van der Waals surface area contributed by atoms with E-state index in [2.05, 4.69) is 26.6 Å². The molecule has 1 saturated heterocycles. The molecule has 3 rings (SSSR count). The highest BCUT2D eigenvalue weighted by molar-refractivity contribution is 9.10. The third-order valence-corrected chi connectivity index (χ3v) is 4.96. The quantitative estimate of drug-likeness (QED) is 0.246. The summed E-state index contributed by atoms with van der Waals surface area (Å²) < 4.78 is 22.8. The van der Waals surface area contributed by atoms with Crippen LogP contribution < -0.4 is 29.6 Å². The highest BCUT2D eigenvalue weighted by Crippen LogP contribution is 2.37.